The molecule has 0 unspecified atom stereocenters. The molecule has 0 radical (unpaired) electrons. The summed E-state index contributed by atoms with van der Waals surface area (Å²) in [6.07, 6.45) is -1.04. The van der Waals surface area contributed by atoms with Crippen molar-refractivity contribution in [1.82, 2.24) is 15.0 Å². The van der Waals surface area contributed by atoms with Crippen LogP contribution in [0.15, 0.2) is 48.5 Å². The van der Waals surface area contributed by atoms with Crippen molar-refractivity contribution < 1.29 is 20.1 Å². The average Bonchev–Trinajstić information content (AvgIpc) is 3.44. The van der Waals surface area contributed by atoms with Crippen LogP contribution >= 0.6 is 11.3 Å². The van der Waals surface area contributed by atoms with Gasteiger partial charge < -0.3 is 30.7 Å². The highest BCUT2D eigenvalue weighted by atomic mass is 32.1. The van der Waals surface area contributed by atoms with Gasteiger partial charge in [0.1, 0.15) is 22.7 Å². The van der Waals surface area contributed by atoms with Gasteiger partial charge in [-0.2, -0.15) is 4.98 Å². The molecule has 1 aliphatic carbocycles. The average molecular weight is 508 g/mol. The lowest BCUT2D eigenvalue weighted by Gasteiger charge is -2.22. The zero-order valence-corrected chi connectivity index (χ0v) is 20.9. The van der Waals surface area contributed by atoms with E-state index in [1.54, 1.807) is 18.4 Å². The molecule has 2 heterocycles. The highest BCUT2D eigenvalue weighted by Crippen LogP contribution is 2.39. The Bertz CT molecular complexity index is 1330. The molecule has 0 saturated heterocycles. The fourth-order valence-corrected chi connectivity index (χ4v) is 5.65. The van der Waals surface area contributed by atoms with Crippen LogP contribution in [0.5, 0.6) is 5.75 Å². The Morgan fingerprint density at radius 3 is 2.53 bits per heavy atom. The van der Waals surface area contributed by atoms with E-state index < -0.39 is 24.2 Å². The van der Waals surface area contributed by atoms with Crippen LogP contribution in [0, 0.1) is 5.92 Å². The first-order chi connectivity index (χ1) is 17.5. The number of para-hydroxylation sites is 3. The molecule has 9 nitrogen and oxygen atoms in total. The highest BCUT2D eigenvalue weighted by Gasteiger charge is 2.41. The molecule has 5 rings (SSSR count). The summed E-state index contributed by atoms with van der Waals surface area (Å²) in [4.78, 5) is 14.4. The molecular weight excluding hydrogens is 478 g/mol. The molecule has 36 heavy (non-hydrogen) atoms. The molecule has 0 spiro atoms. The summed E-state index contributed by atoms with van der Waals surface area (Å²) in [5, 5.41) is 38.1. The van der Waals surface area contributed by atoms with Crippen LogP contribution in [0.3, 0.4) is 0 Å². The van der Waals surface area contributed by atoms with Crippen LogP contribution in [0.25, 0.3) is 20.8 Å². The minimum Gasteiger partial charge on any atom is -0.495 e. The Kier molecular flexibility index (Phi) is 7.01. The van der Waals surface area contributed by atoms with E-state index in [0.29, 0.717) is 30.4 Å². The van der Waals surface area contributed by atoms with Crippen molar-refractivity contribution in [2.75, 3.05) is 24.4 Å². The number of nitrogens with zero attached hydrogens (tertiary/aromatic N) is 3. The number of ether oxygens (including phenoxy) is 1. The lowest BCUT2D eigenvalue weighted by atomic mass is 10.1. The second kappa shape index (κ2) is 10.4. The van der Waals surface area contributed by atoms with E-state index in [0.717, 1.165) is 32.2 Å². The minimum absolute atomic E-state index is 0.203. The number of fused-ring (bicyclic) bond motifs is 1. The molecule has 1 fully saturated rings. The molecule has 2 aromatic heterocycles. The van der Waals surface area contributed by atoms with Gasteiger partial charge in [0.05, 0.1) is 46.4 Å². The zero-order chi connectivity index (χ0) is 25.2. The number of aliphatic hydroxyl groups is 3. The van der Waals surface area contributed by atoms with Gasteiger partial charge >= 0.3 is 0 Å². The highest BCUT2D eigenvalue weighted by molar-refractivity contribution is 7.21. The smallest absolute Gasteiger partial charge is 0.229 e. The van der Waals surface area contributed by atoms with Crippen molar-refractivity contribution in [3.63, 3.8) is 0 Å². The minimum atomic E-state index is -1.05. The van der Waals surface area contributed by atoms with Crippen LogP contribution in [0.4, 0.5) is 17.5 Å². The van der Waals surface area contributed by atoms with E-state index in [4.69, 9.17) is 19.7 Å². The van der Waals surface area contributed by atoms with Gasteiger partial charge in [-0.3, -0.25) is 0 Å². The largest absolute Gasteiger partial charge is 0.495 e. The molecule has 0 amide bonds. The first-order valence-electron chi connectivity index (χ1n) is 11.9. The maximum Gasteiger partial charge on any atom is 0.229 e. The lowest BCUT2D eigenvalue weighted by molar-refractivity contribution is 0.00446. The van der Waals surface area contributed by atoms with Crippen LogP contribution in [0.2, 0.25) is 0 Å². The van der Waals surface area contributed by atoms with Gasteiger partial charge in [-0.1, -0.05) is 31.2 Å². The number of aromatic nitrogens is 3. The Hall–Kier alpha value is -3.31. The third kappa shape index (κ3) is 4.60. The topological polar surface area (TPSA) is 133 Å². The molecule has 1 aliphatic rings. The number of rotatable bonds is 8. The molecule has 1 saturated carbocycles. The van der Waals surface area contributed by atoms with Crippen LogP contribution in [0.1, 0.15) is 19.0 Å². The molecule has 5 N–H and O–H groups in total. The third-order valence-electron chi connectivity index (χ3n) is 6.54. The number of benzene rings is 2. The summed E-state index contributed by atoms with van der Waals surface area (Å²) in [6.45, 7) is 1.82. The van der Waals surface area contributed by atoms with E-state index in [2.05, 4.69) is 10.6 Å². The zero-order valence-electron chi connectivity index (χ0n) is 20.0. The summed E-state index contributed by atoms with van der Waals surface area (Å²) in [5.41, 5.74) is 3.16. The van der Waals surface area contributed by atoms with E-state index in [1.165, 1.54) is 0 Å². The number of hydrogen-bond donors (Lipinski definition) is 5. The molecular formula is C26H29N5O4S. The molecule has 188 valence electrons. The monoisotopic (exact) mass is 507 g/mol. The Morgan fingerprint density at radius 2 is 1.81 bits per heavy atom. The number of thiazole rings is 1. The van der Waals surface area contributed by atoms with Crippen molar-refractivity contribution in [3.8, 4) is 16.3 Å². The predicted molar refractivity (Wildman–Crippen MR) is 141 cm³/mol. The summed E-state index contributed by atoms with van der Waals surface area (Å²) >= 11 is 1.55. The molecule has 4 aromatic rings. The van der Waals surface area contributed by atoms with Crippen molar-refractivity contribution in [2.45, 2.75) is 38.0 Å². The summed E-state index contributed by atoms with van der Waals surface area (Å²) in [7, 11) is 1.60. The van der Waals surface area contributed by atoms with Crippen molar-refractivity contribution in [2.24, 2.45) is 5.92 Å². The SMILES string of the molecule is CCc1nc(Nc2ccccc2OC)nc(N[C@@H]2C[C@H](CO)[C@@H](O)[C@H]2O)c1-c1nc2ccccc2s1. The summed E-state index contributed by atoms with van der Waals surface area (Å²) in [6, 6.07) is 14.9. The Balaban J connectivity index is 1.60. The normalized spacial score (nSPS) is 21.6. The molecule has 4 atom stereocenters. The third-order valence-corrected chi connectivity index (χ3v) is 7.59. The predicted octanol–water partition coefficient (Wildman–Crippen LogP) is 3.58. The first-order valence-corrected chi connectivity index (χ1v) is 12.7. The fraction of sp³-hybridized carbons (Fsp3) is 0.346. The standard InChI is InChI=1S/C26H29N5O4S/c1-3-15-21(25-28-17-9-5-7-11-20(17)36-25)24(27-18-12-14(13-32)22(33)23(18)34)31-26(29-15)30-16-8-4-6-10-19(16)35-2/h4-11,14,18,22-23,32-34H,3,12-13H2,1-2H3,(H2,27,29,30,31)/t14-,18-,22-,23+/m1/s1. The number of aliphatic hydroxyl groups excluding tert-OH is 3. The Morgan fingerprint density at radius 1 is 1.03 bits per heavy atom. The summed E-state index contributed by atoms with van der Waals surface area (Å²) in [5.74, 6) is 1.12. The molecule has 0 aliphatic heterocycles. The van der Waals surface area contributed by atoms with Crippen molar-refractivity contribution in [3.05, 3.63) is 54.2 Å². The molecule has 10 heteroatoms. The maximum atomic E-state index is 10.7. The van der Waals surface area contributed by atoms with Gasteiger partial charge in [-0.15, -0.1) is 11.3 Å². The van der Waals surface area contributed by atoms with Gasteiger partial charge in [0.15, 0.2) is 0 Å². The second-order valence-electron chi connectivity index (χ2n) is 8.79. The summed E-state index contributed by atoms with van der Waals surface area (Å²) < 4.78 is 6.51. The maximum absolute atomic E-state index is 10.7. The van der Waals surface area contributed by atoms with Gasteiger partial charge in [-0.25, -0.2) is 9.97 Å². The second-order valence-corrected chi connectivity index (χ2v) is 9.82. The van der Waals surface area contributed by atoms with Gasteiger partial charge in [0, 0.05) is 12.5 Å². The Labute approximate surface area is 212 Å². The van der Waals surface area contributed by atoms with Crippen LogP contribution in [-0.2, 0) is 6.42 Å². The molecule has 2 aromatic carbocycles. The van der Waals surface area contributed by atoms with Crippen LogP contribution in [-0.4, -0.2) is 62.2 Å². The number of nitrogens with one attached hydrogen (secondary N) is 2. The quantitative estimate of drug-likeness (QED) is 0.243. The van der Waals surface area contributed by atoms with E-state index in [1.807, 2.05) is 55.5 Å². The van der Waals surface area contributed by atoms with Crippen molar-refractivity contribution >= 4 is 39.0 Å². The van der Waals surface area contributed by atoms with Gasteiger partial charge in [-0.05, 0) is 37.1 Å². The van der Waals surface area contributed by atoms with E-state index >= 15 is 0 Å². The van der Waals surface area contributed by atoms with E-state index in [9.17, 15) is 15.3 Å². The van der Waals surface area contributed by atoms with Crippen molar-refractivity contribution in [1.29, 1.82) is 0 Å². The lowest BCUT2D eigenvalue weighted by Crippen LogP contribution is -2.35. The van der Waals surface area contributed by atoms with Crippen LogP contribution < -0.4 is 15.4 Å². The fourth-order valence-electron chi connectivity index (χ4n) is 4.62. The van der Waals surface area contributed by atoms with E-state index in [-0.39, 0.29) is 6.61 Å². The number of methoxy groups -OCH3 is 1. The van der Waals surface area contributed by atoms with Gasteiger partial charge in [0.25, 0.3) is 0 Å². The number of anilines is 3. The number of hydrogen-bond acceptors (Lipinski definition) is 10. The first kappa shape index (κ1) is 24.4. The van der Waals surface area contributed by atoms with Gasteiger partial charge in [0.2, 0.25) is 5.95 Å². The number of aryl methyl sites for hydroxylation is 1. The molecule has 0 bridgehead atoms.